The zero-order valence-corrected chi connectivity index (χ0v) is 10.7. The summed E-state index contributed by atoms with van der Waals surface area (Å²) in [6, 6.07) is -0.657. The molecule has 0 saturated heterocycles. The molecule has 0 aliphatic heterocycles. The van der Waals surface area contributed by atoms with E-state index in [1.165, 1.54) is 0 Å². The smallest absolute Gasteiger partial charge is 0.234 e. The third kappa shape index (κ3) is 7.04. The van der Waals surface area contributed by atoms with Crippen LogP contribution < -0.4 is 16.4 Å². The summed E-state index contributed by atoms with van der Waals surface area (Å²) in [5, 5.41) is 14.6. The van der Waals surface area contributed by atoms with Crippen LogP contribution in [-0.2, 0) is 9.59 Å². The summed E-state index contributed by atoms with van der Waals surface area (Å²) in [6.45, 7) is 5.46. The van der Waals surface area contributed by atoms with Crippen LogP contribution in [0.25, 0.3) is 0 Å². The Balaban J connectivity index is 3.96. The van der Waals surface area contributed by atoms with Gasteiger partial charge in [-0.15, -0.1) is 0 Å². The molecule has 0 fully saturated rings. The highest BCUT2D eigenvalue weighted by Crippen LogP contribution is 1.97. The molecular formula is C11H23N3O3. The van der Waals surface area contributed by atoms with E-state index in [9.17, 15) is 14.7 Å². The minimum absolute atomic E-state index is 0.0273. The summed E-state index contributed by atoms with van der Waals surface area (Å²) < 4.78 is 0. The first-order valence-electron chi connectivity index (χ1n) is 5.88. The SMILES string of the molecule is CCCC(N)C(=O)C(O)NCC(=O)NC(C)C. The quantitative estimate of drug-likeness (QED) is 0.415. The normalized spacial score (nSPS) is 14.5. The van der Waals surface area contributed by atoms with Crippen molar-refractivity contribution in [2.45, 2.75) is 51.9 Å². The van der Waals surface area contributed by atoms with Gasteiger partial charge in [0, 0.05) is 6.04 Å². The Morgan fingerprint density at radius 3 is 2.41 bits per heavy atom. The number of ketones is 1. The Morgan fingerprint density at radius 1 is 1.35 bits per heavy atom. The topological polar surface area (TPSA) is 104 Å². The van der Waals surface area contributed by atoms with E-state index in [1.54, 1.807) is 0 Å². The fourth-order valence-electron chi connectivity index (χ4n) is 1.32. The van der Waals surface area contributed by atoms with Gasteiger partial charge in [0.1, 0.15) is 0 Å². The van der Waals surface area contributed by atoms with Gasteiger partial charge in [-0.2, -0.15) is 0 Å². The molecule has 0 aliphatic rings. The highest BCUT2D eigenvalue weighted by Gasteiger charge is 2.21. The zero-order chi connectivity index (χ0) is 13.4. The second-order valence-corrected chi connectivity index (χ2v) is 4.30. The lowest BCUT2D eigenvalue weighted by molar-refractivity contribution is -0.131. The number of hydrogen-bond donors (Lipinski definition) is 4. The lowest BCUT2D eigenvalue weighted by Gasteiger charge is -2.16. The summed E-state index contributed by atoms with van der Waals surface area (Å²) in [5.74, 6) is -0.750. The van der Waals surface area contributed by atoms with Crippen molar-refractivity contribution in [1.29, 1.82) is 0 Å². The molecule has 0 aliphatic carbocycles. The van der Waals surface area contributed by atoms with Gasteiger partial charge in [-0.3, -0.25) is 14.9 Å². The number of nitrogens with one attached hydrogen (secondary N) is 2. The number of carbonyl (C=O) groups is 2. The zero-order valence-electron chi connectivity index (χ0n) is 10.7. The second kappa shape index (κ2) is 8.16. The minimum Gasteiger partial charge on any atom is -0.371 e. The van der Waals surface area contributed by atoms with Gasteiger partial charge in [0.15, 0.2) is 12.0 Å². The van der Waals surface area contributed by atoms with Crippen molar-refractivity contribution in [3.63, 3.8) is 0 Å². The molecule has 1 amide bonds. The number of Topliss-reactive ketones (excluding diaryl/α,β-unsaturated/α-hetero) is 1. The number of hydrogen-bond acceptors (Lipinski definition) is 5. The third-order valence-corrected chi connectivity index (χ3v) is 2.14. The maximum atomic E-state index is 11.5. The van der Waals surface area contributed by atoms with Crippen molar-refractivity contribution in [3.05, 3.63) is 0 Å². The van der Waals surface area contributed by atoms with Crippen molar-refractivity contribution in [1.82, 2.24) is 10.6 Å². The molecule has 0 rings (SSSR count). The number of aliphatic hydroxyl groups excluding tert-OH is 1. The molecule has 2 unspecified atom stereocenters. The first-order valence-corrected chi connectivity index (χ1v) is 5.88. The Morgan fingerprint density at radius 2 is 1.94 bits per heavy atom. The average molecular weight is 245 g/mol. The molecular weight excluding hydrogens is 222 g/mol. The Labute approximate surface area is 102 Å². The number of carbonyl (C=O) groups excluding carboxylic acids is 2. The Kier molecular flexibility index (Phi) is 7.69. The van der Waals surface area contributed by atoms with Crippen LogP contribution in [0, 0.1) is 0 Å². The van der Waals surface area contributed by atoms with E-state index in [0.717, 1.165) is 6.42 Å². The standard InChI is InChI=1S/C11H23N3O3/c1-4-5-8(12)10(16)11(17)13-6-9(15)14-7(2)3/h7-8,11,13,17H,4-6,12H2,1-3H3,(H,14,15). The van der Waals surface area contributed by atoms with Crippen molar-refractivity contribution >= 4 is 11.7 Å². The lowest BCUT2D eigenvalue weighted by Crippen LogP contribution is -2.49. The van der Waals surface area contributed by atoms with E-state index in [0.29, 0.717) is 6.42 Å². The van der Waals surface area contributed by atoms with Crippen molar-refractivity contribution < 1.29 is 14.7 Å². The Hall–Kier alpha value is -0.980. The van der Waals surface area contributed by atoms with Crippen LogP contribution in [0.1, 0.15) is 33.6 Å². The molecule has 100 valence electrons. The first kappa shape index (κ1) is 16.0. The molecule has 2 atom stereocenters. The third-order valence-electron chi connectivity index (χ3n) is 2.14. The van der Waals surface area contributed by atoms with Crippen LogP contribution >= 0.6 is 0 Å². The number of rotatable bonds is 8. The largest absolute Gasteiger partial charge is 0.371 e. The van der Waals surface area contributed by atoms with Gasteiger partial charge >= 0.3 is 0 Å². The molecule has 0 radical (unpaired) electrons. The van der Waals surface area contributed by atoms with E-state index >= 15 is 0 Å². The summed E-state index contributed by atoms with van der Waals surface area (Å²) in [7, 11) is 0. The summed E-state index contributed by atoms with van der Waals surface area (Å²) >= 11 is 0. The van der Waals surface area contributed by atoms with Crippen LogP contribution in [-0.4, -0.2) is 41.7 Å². The summed E-state index contributed by atoms with van der Waals surface area (Å²) in [4.78, 5) is 22.7. The molecule has 17 heavy (non-hydrogen) atoms. The fraction of sp³-hybridized carbons (Fsp3) is 0.818. The lowest BCUT2D eigenvalue weighted by atomic mass is 10.1. The molecule has 6 nitrogen and oxygen atoms in total. The van der Waals surface area contributed by atoms with Crippen LogP contribution in [0.4, 0.5) is 0 Å². The Bertz CT molecular complexity index is 256. The molecule has 5 N–H and O–H groups in total. The van der Waals surface area contributed by atoms with Gasteiger partial charge in [-0.25, -0.2) is 0 Å². The van der Waals surface area contributed by atoms with Crippen molar-refractivity contribution in [2.75, 3.05) is 6.54 Å². The monoisotopic (exact) mass is 245 g/mol. The number of amides is 1. The molecule has 0 aromatic heterocycles. The van der Waals surface area contributed by atoms with E-state index in [1.807, 2.05) is 20.8 Å². The summed E-state index contributed by atoms with van der Waals surface area (Å²) in [6.07, 6.45) is -0.0853. The number of aliphatic hydroxyl groups is 1. The van der Waals surface area contributed by atoms with Crippen molar-refractivity contribution in [2.24, 2.45) is 5.73 Å². The van der Waals surface area contributed by atoms with Gasteiger partial charge in [0.05, 0.1) is 12.6 Å². The molecule has 0 heterocycles. The van der Waals surface area contributed by atoms with Gasteiger partial charge < -0.3 is 16.2 Å². The average Bonchev–Trinajstić information content (AvgIpc) is 2.24. The van der Waals surface area contributed by atoms with Crippen LogP contribution in [0.5, 0.6) is 0 Å². The first-order chi connectivity index (χ1) is 7.88. The maximum Gasteiger partial charge on any atom is 0.234 e. The van der Waals surface area contributed by atoms with Gasteiger partial charge in [0.25, 0.3) is 0 Å². The second-order valence-electron chi connectivity index (χ2n) is 4.30. The van der Waals surface area contributed by atoms with Crippen LogP contribution in [0.15, 0.2) is 0 Å². The van der Waals surface area contributed by atoms with E-state index < -0.39 is 18.1 Å². The van der Waals surface area contributed by atoms with E-state index in [2.05, 4.69) is 10.6 Å². The fourth-order valence-corrected chi connectivity index (χ4v) is 1.32. The van der Waals surface area contributed by atoms with Crippen molar-refractivity contribution in [3.8, 4) is 0 Å². The maximum absolute atomic E-state index is 11.5. The van der Waals surface area contributed by atoms with Gasteiger partial charge in [-0.05, 0) is 20.3 Å². The molecule has 0 saturated carbocycles. The molecule has 0 spiro atoms. The molecule has 0 aromatic carbocycles. The number of nitrogens with two attached hydrogens (primary N) is 1. The van der Waals surface area contributed by atoms with E-state index in [4.69, 9.17) is 5.73 Å². The van der Waals surface area contributed by atoms with E-state index in [-0.39, 0.29) is 18.5 Å². The van der Waals surface area contributed by atoms with Crippen LogP contribution in [0.3, 0.4) is 0 Å². The molecule has 0 bridgehead atoms. The highest BCUT2D eigenvalue weighted by molar-refractivity contribution is 5.88. The van der Waals surface area contributed by atoms with Gasteiger partial charge in [-0.1, -0.05) is 13.3 Å². The predicted octanol–water partition coefficient (Wildman–Crippen LogP) is -0.884. The molecule has 6 heteroatoms. The highest BCUT2D eigenvalue weighted by atomic mass is 16.3. The predicted molar refractivity (Wildman–Crippen MR) is 65.2 cm³/mol. The van der Waals surface area contributed by atoms with Gasteiger partial charge in [0.2, 0.25) is 5.91 Å². The summed E-state index contributed by atoms with van der Waals surface area (Å²) in [5.41, 5.74) is 5.57. The molecule has 0 aromatic rings. The van der Waals surface area contributed by atoms with Crippen LogP contribution in [0.2, 0.25) is 0 Å². The minimum atomic E-state index is -1.38.